The second-order valence-corrected chi connectivity index (χ2v) is 5.83. The van der Waals surface area contributed by atoms with Gasteiger partial charge >= 0.3 is 0 Å². The molecule has 1 saturated heterocycles. The molecule has 24 heavy (non-hydrogen) atoms. The van der Waals surface area contributed by atoms with Gasteiger partial charge in [-0.3, -0.25) is 4.79 Å². The van der Waals surface area contributed by atoms with Crippen molar-refractivity contribution in [3.8, 4) is 0 Å². The van der Waals surface area contributed by atoms with Crippen molar-refractivity contribution in [2.45, 2.75) is 19.3 Å². The Morgan fingerprint density at radius 2 is 2.00 bits per heavy atom. The van der Waals surface area contributed by atoms with Gasteiger partial charge in [0.1, 0.15) is 11.5 Å². The number of piperidine rings is 1. The molecular weight excluding hydrogens is 304 g/mol. The third-order valence-electron chi connectivity index (χ3n) is 4.19. The second-order valence-electron chi connectivity index (χ2n) is 5.83. The zero-order chi connectivity index (χ0) is 16.4. The third kappa shape index (κ3) is 2.68. The number of carbonyl (C=O) groups excluding carboxylic acids is 1. The molecule has 0 saturated carbocycles. The summed E-state index contributed by atoms with van der Waals surface area (Å²) in [5.74, 6) is 1.15. The summed E-state index contributed by atoms with van der Waals surface area (Å²) in [6.45, 7) is 1.86. The number of carbonyl (C=O) groups is 1. The van der Waals surface area contributed by atoms with Crippen LogP contribution >= 0.6 is 0 Å². The first kappa shape index (κ1) is 14.6. The number of anilines is 2. The predicted molar refractivity (Wildman–Crippen MR) is 92.2 cm³/mol. The molecule has 122 valence electrons. The lowest BCUT2D eigenvalue weighted by molar-refractivity contribution is 0.111. The van der Waals surface area contributed by atoms with Gasteiger partial charge in [-0.25, -0.2) is 14.6 Å². The van der Waals surface area contributed by atoms with Gasteiger partial charge in [-0.1, -0.05) is 6.07 Å². The number of aromatic nitrogens is 4. The van der Waals surface area contributed by atoms with E-state index in [9.17, 15) is 4.79 Å². The highest BCUT2D eigenvalue weighted by molar-refractivity contribution is 5.87. The fourth-order valence-electron chi connectivity index (χ4n) is 3.07. The molecular formula is C17H18N6O. The number of aldehydes is 1. The van der Waals surface area contributed by atoms with Gasteiger partial charge in [0.05, 0.1) is 0 Å². The topological polar surface area (TPSA) is 75.9 Å². The highest BCUT2D eigenvalue weighted by Gasteiger charge is 2.18. The molecule has 0 radical (unpaired) electrons. The summed E-state index contributed by atoms with van der Waals surface area (Å²) in [5.41, 5.74) is 1.35. The Bertz CT molecular complexity index is 854. The number of hydrogen-bond donors (Lipinski definition) is 1. The van der Waals surface area contributed by atoms with Crippen LogP contribution < -0.4 is 10.3 Å². The standard InChI is InChI=1S/C17H18N6O/c24-12-14-10-13-11-19-17(20-15-6-2-3-7-18-15)21-16(13)23(14)22-8-4-1-5-9-22/h2-3,6-7,10-12H,1,4-5,8-9H2,(H,18,19,20,21). The highest BCUT2D eigenvalue weighted by atomic mass is 16.1. The van der Waals surface area contributed by atoms with Crippen molar-refractivity contribution in [1.82, 2.24) is 19.6 Å². The second kappa shape index (κ2) is 6.27. The van der Waals surface area contributed by atoms with E-state index in [4.69, 9.17) is 0 Å². The van der Waals surface area contributed by atoms with E-state index in [-0.39, 0.29) is 0 Å². The average molecular weight is 322 g/mol. The molecule has 0 aromatic carbocycles. The van der Waals surface area contributed by atoms with Crippen molar-refractivity contribution in [2.24, 2.45) is 0 Å². The lowest BCUT2D eigenvalue weighted by Crippen LogP contribution is -2.40. The zero-order valence-corrected chi connectivity index (χ0v) is 13.2. The van der Waals surface area contributed by atoms with E-state index in [1.165, 1.54) is 6.42 Å². The third-order valence-corrected chi connectivity index (χ3v) is 4.19. The molecule has 1 aliphatic heterocycles. The SMILES string of the molecule is O=Cc1cc2cnc(Nc3ccccn3)nc2n1N1CCCCC1. The minimum atomic E-state index is 0.468. The van der Waals surface area contributed by atoms with Crippen LogP contribution in [0.2, 0.25) is 0 Å². The summed E-state index contributed by atoms with van der Waals surface area (Å²) in [5, 5.41) is 6.14. The van der Waals surface area contributed by atoms with Gasteiger partial charge in [0.2, 0.25) is 5.95 Å². The summed E-state index contributed by atoms with van der Waals surface area (Å²) < 4.78 is 1.92. The van der Waals surface area contributed by atoms with E-state index in [0.717, 1.165) is 43.3 Å². The van der Waals surface area contributed by atoms with Gasteiger partial charge in [-0.2, -0.15) is 4.98 Å². The van der Waals surface area contributed by atoms with Crippen LogP contribution in [0.25, 0.3) is 11.0 Å². The molecule has 3 aromatic heterocycles. The molecule has 0 atom stereocenters. The lowest BCUT2D eigenvalue weighted by atomic mass is 10.2. The van der Waals surface area contributed by atoms with Crippen LogP contribution in [0.1, 0.15) is 29.8 Å². The number of fused-ring (bicyclic) bond motifs is 1. The first-order chi connectivity index (χ1) is 11.8. The molecule has 0 spiro atoms. The van der Waals surface area contributed by atoms with Gasteiger partial charge < -0.3 is 10.3 Å². The average Bonchev–Trinajstić information content (AvgIpc) is 3.01. The Morgan fingerprint density at radius 3 is 2.75 bits per heavy atom. The Balaban J connectivity index is 1.75. The molecule has 3 aromatic rings. The molecule has 0 unspecified atom stereocenters. The van der Waals surface area contributed by atoms with E-state index in [0.29, 0.717) is 17.5 Å². The van der Waals surface area contributed by atoms with Gasteiger partial charge in [0, 0.05) is 30.9 Å². The molecule has 1 aliphatic rings. The van der Waals surface area contributed by atoms with Crippen molar-refractivity contribution in [2.75, 3.05) is 23.4 Å². The molecule has 1 fully saturated rings. The molecule has 0 bridgehead atoms. The van der Waals surface area contributed by atoms with Crippen molar-refractivity contribution >= 4 is 29.1 Å². The van der Waals surface area contributed by atoms with Gasteiger partial charge in [0.25, 0.3) is 0 Å². The van der Waals surface area contributed by atoms with Crippen LogP contribution in [0.3, 0.4) is 0 Å². The van der Waals surface area contributed by atoms with E-state index < -0.39 is 0 Å². The van der Waals surface area contributed by atoms with Gasteiger partial charge in [-0.05, 0) is 37.5 Å². The summed E-state index contributed by atoms with van der Waals surface area (Å²) >= 11 is 0. The zero-order valence-electron chi connectivity index (χ0n) is 13.2. The highest BCUT2D eigenvalue weighted by Crippen LogP contribution is 2.21. The summed E-state index contributed by atoms with van der Waals surface area (Å²) in [6.07, 6.45) is 7.81. The summed E-state index contributed by atoms with van der Waals surface area (Å²) in [4.78, 5) is 24.7. The molecule has 0 aliphatic carbocycles. The molecule has 4 heterocycles. The lowest BCUT2D eigenvalue weighted by Gasteiger charge is -2.30. The van der Waals surface area contributed by atoms with Crippen LogP contribution in [-0.4, -0.2) is 39.0 Å². The molecule has 7 heteroatoms. The van der Waals surface area contributed by atoms with Crippen LogP contribution in [0.5, 0.6) is 0 Å². The largest absolute Gasteiger partial charge is 0.311 e. The number of nitrogens with one attached hydrogen (secondary N) is 1. The molecule has 7 nitrogen and oxygen atoms in total. The Kier molecular flexibility index (Phi) is 3.82. The molecule has 0 amide bonds. The maximum atomic E-state index is 11.5. The number of nitrogens with zero attached hydrogens (tertiary/aromatic N) is 5. The van der Waals surface area contributed by atoms with E-state index >= 15 is 0 Å². The first-order valence-corrected chi connectivity index (χ1v) is 8.12. The number of hydrogen-bond acceptors (Lipinski definition) is 6. The minimum Gasteiger partial charge on any atom is -0.311 e. The van der Waals surface area contributed by atoms with Crippen molar-refractivity contribution in [1.29, 1.82) is 0 Å². The van der Waals surface area contributed by atoms with Crippen molar-refractivity contribution in [3.05, 3.63) is 42.4 Å². The van der Waals surface area contributed by atoms with E-state index in [1.807, 2.05) is 28.9 Å². The maximum absolute atomic E-state index is 11.5. The summed E-state index contributed by atoms with van der Waals surface area (Å²) in [7, 11) is 0. The quantitative estimate of drug-likeness (QED) is 0.744. The maximum Gasteiger partial charge on any atom is 0.230 e. The monoisotopic (exact) mass is 322 g/mol. The van der Waals surface area contributed by atoms with Crippen LogP contribution in [-0.2, 0) is 0 Å². The van der Waals surface area contributed by atoms with E-state index in [2.05, 4.69) is 25.3 Å². The van der Waals surface area contributed by atoms with Crippen LogP contribution in [0.15, 0.2) is 36.7 Å². The van der Waals surface area contributed by atoms with E-state index in [1.54, 1.807) is 12.4 Å². The fraction of sp³-hybridized carbons (Fsp3) is 0.294. The van der Waals surface area contributed by atoms with Gasteiger partial charge in [-0.15, -0.1) is 0 Å². The Morgan fingerprint density at radius 1 is 1.12 bits per heavy atom. The van der Waals surface area contributed by atoms with Crippen LogP contribution in [0.4, 0.5) is 11.8 Å². The number of pyridine rings is 1. The van der Waals surface area contributed by atoms with Gasteiger partial charge in [0.15, 0.2) is 11.9 Å². The van der Waals surface area contributed by atoms with Crippen LogP contribution in [0, 0.1) is 0 Å². The Hall–Kier alpha value is -2.96. The fourth-order valence-corrected chi connectivity index (χ4v) is 3.07. The smallest absolute Gasteiger partial charge is 0.230 e. The summed E-state index contributed by atoms with van der Waals surface area (Å²) in [6, 6.07) is 7.44. The molecule has 4 rings (SSSR count). The Labute approximate surface area is 139 Å². The van der Waals surface area contributed by atoms with Crippen molar-refractivity contribution in [3.63, 3.8) is 0 Å². The first-order valence-electron chi connectivity index (χ1n) is 8.12. The molecule has 1 N–H and O–H groups in total. The van der Waals surface area contributed by atoms with Crippen molar-refractivity contribution < 1.29 is 4.79 Å². The normalized spacial score (nSPS) is 14.8. The number of rotatable bonds is 4. The predicted octanol–water partition coefficient (Wildman–Crippen LogP) is 2.50. The minimum absolute atomic E-state index is 0.468.